The van der Waals surface area contributed by atoms with Crippen LogP contribution in [0.4, 0.5) is 0 Å². The Labute approximate surface area is 104 Å². The van der Waals surface area contributed by atoms with E-state index < -0.39 is 0 Å². The lowest BCUT2D eigenvalue weighted by atomic mass is 10.0. The summed E-state index contributed by atoms with van der Waals surface area (Å²) in [5.74, 6) is 0.981. The largest absolute Gasteiger partial charge is 0.496 e. The Kier molecular flexibility index (Phi) is 4.02. The van der Waals surface area contributed by atoms with Crippen LogP contribution in [0.1, 0.15) is 31.4 Å². The van der Waals surface area contributed by atoms with Crippen LogP contribution >= 0.6 is 0 Å². The van der Waals surface area contributed by atoms with E-state index in [1.165, 1.54) is 5.56 Å². The van der Waals surface area contributed by atoms with E-state index in [2.05, 4.69) is 24.0 Å². The van der Waals surface area contributed by atoms with Gasteiger partial charge in [-0.05, 0) is 25.8 Å². The lowest BCUT2D eigenvalue weighted by Gasteiger charge is -2.35. The molecule has 0 bridgehead atoms. The summed E-state index contributed by atoms with van der Waals surface area (Å²) >= 11 is 0. The van der Waals surface area contributed by atoms with Crippen molar-refractivity contribution >= 4 is 0 Å². The third-order valence-electron chi connectivity index (χ3n) is 3.71. The summed E-state index contributed by atoms with van der Waals surface area (Å²) in [7, 11) is 1.73. The molecule has 1 aliphatic heterocycles. The van der Waals surface area contributed by atoms with Crippen molar-refractivity contribution in [1.82, 2.24) is 4.90 Å². The average Bonchev–Trinajstić information content (AvgIpc) is 2.39. The number of hydrogen-bond donors (Lipinski definition) is 1. The van der Waals surface area contributed by atoms with Gasteiger partial charge in [0.2, 0.25) is 0 Å². The fourth-order valence-corrected chi connectivity index (χ4v) is 2.51. The molecule has 0 aromatic heterocycles. The molecule has 2 rings (SSSR count). The van der Waals surface area contributed by atoms with Crippen LogP contribution in [0.3, 0.4) is 0 Å². The number of methoxy groups -OCH3 is 1. The molecule has 94 valence electrons. The molecule has 2 N–H and O–H groups in total. The highest BCUT2D eigenvalue weighted by Gasteiger charge is 2.23. The van der Waals surface area contributed by atoms with E-state index in [1.54, 1.807) is 7.11 Å². The number of ether oxygens (including phenoxy) is 1. The van der Waals surface area contributed by atoms with Gasteiger partial charge in [-0.3, -0.25) is 4.90 Å². The highest BCUT2D eigenvalue weighted by Crippen LogP contribution is 2.30. The minimum Gasteiger partial charge on any atom is -0.496 e. The number of nitrogens with zero attached hydrogens (tertiary/aromatic N) is 1. The molecule has 0 aliphatic carbocycles. The van der Waals surface area contributed by atoms with Crippen LogP contribution < -0.4 is 10.5 Å². The van der Waals surface area contributed by atoms with Crippen molar-refractivity contribution in [2.24, 2.45) is 5.73 Å². The third-order valence-corrected chi connectivity index (χ3v) is 3.71. The van der Waals surface area contributed by atoms with Gasteiger partial charge < -0.3 is 10.5 Å². The molecule has 0 spiro atoms. The van der Waals surface area contributed by atoms with Crippen molar-refractivity contribution in [3.63, 3.8) is 0 Å². The Hall–Kier alpha value is -1.06. The predicted octanol–water partition coefficient (Wildman–Crippen LogP) is 2.18. The van der Waals surface area contributed by atoms with Gasteiger partial charge >= 0.3 is 0 Å². The predicted molar refractivity (Wildman–Crippen MR) is 70.2 cm³/mol. The normalized spacial score (nSPS) is 20.2. The molecular weight excluding hydrogens is 212 g/mol. The van der Waals surface area contributed by atoms with E-state index in [0.29, 0.717) is 12.1 Å². The Balaban J connectivity index is 2.10. The highest BCUT2D eigenvalue weighted by atomic mass is 16.5. The minimum atomic E-state index is 0.385. The van der Waals surface area contributed by atoms with Crippen LogP contribution in [-0.4, -0.2) is 31.1 Å². The van der Waals surface area contributed by atoms with Gasteiger partial charge in [-0.1, -0.05) is 18.2 Å². The quantitative estimate of drug-likeness (QED) is 0.871. The molecule has 1 aromatic rings. The average molecular weight is 234 g/mol. The monoisotopic (exact) mass is 234 g/mol. The van der Waals surface area contributed by atoms with E-state index in [-0.39, 0.29) is 0 Å². The van der Waals surface area contributed by atoms with Gasteiger partial charge in [-0.2, -0.15) is 0 Å². The summed E-state index contributed by atoms with van der Waals surface area (Å²) in [5, 5.41) is 0. The van der Waals surface area contributed by atoms with Gasteiger partial charge in [-0.25, -0.2) is 0 Å². The van der Waals surface area contributed by atoms with Gasteiger partial charge in [0.15, 0.2) is 0 Å². The Bertz CT molecular complexity index is 359. The van der Waals surface area contributed by atoms with Gasteiger partial charge in [-0.15, -0.1) is 0 Å². The van der Waals surface area contributed by atoms with E-state index in [4.69, 9.17) is 10.5 Å². The van der Waals surface area contributed by atoms with Gasteiger partial charge in [0, 0.05) is 30.7 Å². The lowest BCUT2D eigenvalue weighted by Crippen LogP contribution is -2.40. The summed E-state index contributed by atoms with van der Waals surface area (Å²) in [4.78, 5) is 2.49. The van der Waals surface area contributed by atoms with Crippen molar-refractivity contribution in [2.45, 2.75) is 31.8 Å². The van der Waals surface area contributed by atoms with Gasteiger partial charge in [0.25, 0.3) is 0 Å². The van der Waals surface area contributed by atoms with Crippen LogP contribution in [-0.2, 0) is 0 Å². The fraction of sp³-hybridized carbons (Fsp3) is 0.571. The maximum atomic E-state index is 5.94. The molecule has 1 heterocycles. The molecule has 1 unspecified atom stereocenters. The number of hydrogen-bond acceptors (Lipinski definition) is 3. The van der Waals surface area contributed by atoms with Crippen LogP contribution in [0.15, 0.2) is 24.3 Å². The summed E-state index contributed by atoms with van der Waals surface area (Å²) in [6.07, 6.45) is 2.19. The Morgan fingerprint density at radius 1 is 1.29 bits per heavy atom. The van der Waals surface area contributed by atoms with Gasteiger partial charge in [0.1, 0.15) is 5.75 Å². The SMILES string of the molecule is COc1ccccc1C(C)N1CCC(N)CC1. The zero-order valence-corrected chi connectivity index (χ0v) is 10.7. The lowest BCUT2D eigenvalue weighted by molar-refractivity contribution is 0.161. The van der Waals surface area contributed by atoms with Crippen LogP contribution in [0.25, 0.3) is 0 Å². The first-order valence-corrected chi connectivity index (χ1v) is 6.35. The second-order valence-corrected chi connectivity index (χ2v) is 4.79. The summed E-state index contributed by atoms with van der Waals surface area (Å²) in [5.41, 5.74) is 7.21. The van der Waals surface area contributed by atoms with Crippen LogP contribution in [0, 0.1) is 0 Å². The standard InChI is InChI=1S/C14H22N2O/c1-11(16-9-7-12(15)8-10-16)13-5-3-4-6-14(13)17-2/h3-6,11-12H,7-10,15H2,1-2H3. The highest BCUT2D eigenvalue weighted by molar-refractivity contribution is 5.35. The maximum Gasteiger partial charge on any atom is 0.123 e. The number of benzene rings is 1. The van der Waals surface area contributed by atoms with Crippen molar-refractivity contribution in [3.05, 3.63) is 29.8 Å². The second kappa shape index (κ2) is 5.52. The summed E-state index contributed by atoms with van der Waals surface area (Å²) in [6, 6.07) is 9.06. The number of rotatable bonds is 3. The third kappa shape index (κ3) is 2.79. The molecule has 17 heavy (non-hydrogen) atoms. The zero-order chi connectivity index (χ0) is 12.3. The fourth-order valence-electron chi connectivity index (χ4n) is 2.51. The van der Waals surface area contributed by atoms with Crippen LogP contribution in [0.2, 0.25) is 0 Å². The zero-order valence-electron chi connectivity index (χ0n) is 10.7. The Morgan fingerprint density at radius 3 is 2.59 bits per heavy atom. The first kappa shape index (κ1) is 12.4. The Morgan fingerprint density at radius 2 is 1.94 bits per heavy atom. The summed E-state index contributed by atoms with van der Waals surface area (Å²) in [6.45, 7) is 4.41. The molecule has 1 atom stereocenters. The molecule has 1 aliphatic rings. The second-order valence-electron chi connectivity index (χ2n) is 4.79. The molecular formula is C14H22N2O. The number of nitrogens with two attached hydrogens (primary N) is 1. The molecule has 3 heteroatoms. The smallest absolute Gasteiger partial charge is 0.123 e. The molecule has 1 saturated heterocycles. The van der Waals surface area contributed by atoms with E-state index >= 15 is 0 Å². The summed E-state index contributed by atoms with van der Waals surface area (Å²) < 4.78 is 5.43. The first-order chi connectivity index (χ1) is 8.22. The number of para-hydroxylation sites is 1. The number of piperidine rings is 1. The van der Waals surface area contributed by atoms with Crippen molar-refractivity contribution in [3.8, 4) is 5.75 Å². The van der Waals surface area contributed by atoms with E-state index in [1.807, 2.05) is 12.1 Å². The van der Waals surface area contributed by atoms with E-state index in [0.717, 1.165) is 31.7 Å². The van der Waals surface area contributed by atoms with Crippen molar-refractivity contribution in [2.75, 3.05) is 20.2 Å². The van der Waals surface area contributed by atoms with Crippen LogP contribution in [0.5, 0.6) is 5.75 Å². The number of likely N-dealkylation sites (tertiary alicyclic amines) is 1. The molecule has 1 aromatic carbocycles. The maximum absolute atomic E-state index is 5.94. The topological polar surface area (TPSA) is 38.5 Å². The molecule has 3 nitrogen and oxygen atoms in total. The van der Waals surface area contributed by atoms with Crippen molar-refractivity contribution < 1.29 is 4.74 Å². The molecule has 0 saturated carbocycles. The van der Waals surface area contributed by atoms with Crippen molar-refractivity contribution in [1.29, 1.82) is 0 Å². The molecule has 1 fully saturated rings. The van der Waals surface area contributed by atoms with Gasteiger partial charge in [0.05, 0.1) is 7.11 Å². The molecule has 0 amide bonds. The first-order valence-electron chi connectivity index (χ1n) is 6.35. The minimum absolute atomic E-state index is 0.385. The molecule has 0 radical (unpaired) electrons. The van der Waals surface area contributed by atoms with E-state index in [9.17, 15) is 0 Å².